The van der Waals surface area contributed by atoms with Gasteiger partial charge in [0.15, 0.2) is 0 Å². The topological polar surface area (TPSA) is 64.4 Å². The number of hydrogen-bond donors (Lipinski definition) is 1. The summed E-state index contributed by atoms with van der Waals surface area (Å²) in [7, 11) is 0. The largest absolute Gasteiger partial charge is 0.380 e. The molecule has 18 heavy (non-hydrogen) atoms. The Hall–Kier alpha value is -1.40. The maximum atomic E-state index is 13.3. The van der Waals surface area contributed by atoms with Crippen molar-refractivity contribution in [1.82, 2.24) is 0 Å². The van der Waals surface area contributed by atoms with Gasteiger partial charge in [-0.25, -0.2) is 4.39 Å². The summed E-state index contributed by atoms with van der Waals surface area (Å²) in [5, 5.41) is 13.4. The minimum absolute atomic E-state index is 0.0918. The maximum Gasteiger partial charge on any atom is 0.294 e. The van der Waals surface area contributed by atoms with Crippen LogP contribution in [0.25, 0.3) is 0 Å². The predicted molar refractivity (Wildman–Crippen MR) is 67.6 cm³/mol. The van der Waals surface area contributed by atoms with E-state index in [-0.39, 0.29) is 22.4 Å². The molecule has 0 radical (unpaired) electrons. The fraction of sp³-hybridized carbons (Fsp3) is 0.455. The van der Waals surface area contributed by atoms with Crippen molar-refractivity contribution in [2.24, 2.45) is 0 Å². The molecule has 0 aliphatic carbocycles. The van der Waals surface area contributed by atoms with E-state index in [2.05, 4.69) is 5.32 Å². The zero-order valence-electron chi connectivity index (χ0n) is 10.1. The van der Waals surface area contributed by atoms with E-state index in [9.17, 15) is 14.5 Å². The summed E-state index contributed by atoms with van der Waals surface area (Å²) in [6.45, 7) is 4.55. The van der Waals surface area contributed by atoms with E-state index in [4.69, 9.17) is 16.3 Å². The SMILES string of the molecule is CCOCC(C)Nc1cc(F)c(Cl)cc1[N+](=O)[O-]. The lowest BCUT2D eigenvalue weighted by Crippen LogP contribution is -2.22. The molecule has 0 aliphatic rings. The van der Waals surface area contributed by atoms with E-state index in [0.29, 0.717) is 13.2 Å². The van der Waals surface area contributed by atoms with Gasteiger partial charge in [0.1, 0.15) is 11.5 Å². The molecule has 1 rings (SSSR count). The summed E-state index contributed by atoms with van der Waals surface area (Å²) < 4.78 is 18.5. The highest BCUT2D eigenvalue weighted by molar-refractivity contribution is 6.31. The van der Waals surface area contributed by atoms with Gasteiger partial charge in [-0.2, -0.15) is 0 Å². The highest BCUT2D eigenvalue weighted by Gasteiger charge is 2.19. The normalized spacial score (nSPS) is 12.2. The van der Waals surface area contributed by atoms with Crippen LogP contribution in [0.3, 0.4) is 0 Å². The first-order valence-electron chi connectivity index (χ1n) is 5.43. The maximum absolute atomic E-state index is 13.3. The zero-order valence-corrected chi connectivity index (χ0v) is 10.8. The second-order valence-electron chi connectivity index (χ2n) is 3.75. The Bertz CT molecular complexity index is 443. The van der Waals surface area contributed by atoms with Gasteiger partial charge in [-0.3, -0.25) is 10.1 Å². The number of nitrogens with zero attached hydrogens (tertiary/aromatic N) is 1. The van der Waals surface area contributed by atoms with Crippen LogP contribution in [-0.2, 0) is 4.74 Å². The van der Waals surface area contributed by atoms with Crippen LogP contribution in [0.1, 0.15) is 13.8 Å². The van der Waals surface area contributed by atoms with Crippen molar-refractivity contribution in [1.29, 1.82) is 0 Å². The Morgan fingerprint density at radius 1 is 1.61 bits per heavy atom. The Kier molecular flexibility index (Phi) is 5.30. The van der Waals surface area contributed by atoms with Crippen molar-refractivity contribution in [2.45, 2.75) is 19.9 Å². The second-order valence-corrected chi connectivity index (χ2v) is 4.15. The van der Waals surface area contributed by atoms with E-state index < -0.39 is 10.7 Å². The molecule has 1 unspecified atom stereocenters. The molecule has 7 heteroatoms. The van der Waals surface area contributed by atoms with Crippen LogP contribution in [0, 0.1) is 15.9 Å². The summed E-state index contributed by atoms with van der Waals surface area (Å²) in [5.74, 6) is -0.701. The number of benzene rings is 1. The molecule has 0 fully saturated rings. The van der Waals surface area contributed by atoms with Crippen LogP contribution < -0.4 is 5.32 Å². The molecule has 1 aromatic carbocycles. The van der Waals surface area contributed by atoms with E-state index >= 15 is 0 Å². The van der Waals surface area contributed by atoms with Crippen molar-refractivity contribution >= 4 is 23.0 Å². The van der Waals surface area contributed by atoms with Crippen LogP contribution in [0.2, 0.25) is 5.02 Å². The summed E-state index contributed by atoms with van der Waals surface area (Å²) in [5.41, 5.74) is -0.168. The zero-order chi connectivity index (χ0) is 13.7. The van der Waals surface area contributed by atoms with Gasteiger partial charge in [-0.15, -0.1) is 0 Å². The lowest BCUT2D eigenvalue weighted by atomic mass is 10.2. The van der Waals surface area contributed by atoms with E-state index in [1.807, 2.05) is 6.92 Å². The lowest BCUT2D eigenvalue weighted by Gasteiger charge is -2.15. The van der Waals surface area contributed by atoms with E-state index in [0.717, 1.165) is 12.1 Å². The summed E-state index contributed by atoms with van der Waals surface area (Å²) in [4.78, 5) is 10.2. The first-order valence-corrected chi connectivity index (χ1v) is 5.81. The van der Waals surface area contributed by atoms with Crippen molar-refractivity contribution in [2.75, 3.05) is 18.5 Å². The van der Waals surface area contributed by atoms with Crippen LogP contribution in [0.15, 0.2) is 12.1 Å². The van der Waals surface area contributed by atoms with Crippen LogP contribution in [0.5, 0.6) is 0 Å². The number of ether oxygens (including phenoxy) is 1. The molecular weight excluding hydrogens is 263 g/mol. The van der Waals surface area contributed by atoms with Crippen molar-refractivity contribution < 1.29 is 14.1 Å². The third-order valence-electron chi connectivity index (χ3n) is 2.21. The second kappa shape index (κ2) is 6.51. The third-order valence-corrected chi connectivity index (χ3v) is 2.50. The molecule has 1 atom stereocenters. The van der Waals surface area contributed by atoms with Crippen molar-refractivity contribution in [3.8, 4) is 0 Å². The monoisotopic (exact) mass is 276 g/mol. The van der Waals surface area contributed by atoms with Gasteiger partial charge in [0, 0.05) is 24.8 Å². The molecule has 0 saturated carbocycles. The molecule has 0 spiro atoms. The molecule has 100 valence electrons. The minimum atomic E-state index is -0.701. The Labute approximate surface area is 109 Å². The quantitative estimate of drug-likeness (QED) is 0.640. The molecule has 1 aromatic rings. The molecule has 1 N–H and O–H groups in total. The molecule has 0 bridgehead atoms. The fourth-order valence-corrected chi connectivity index (χ4v) is 1.56. The van der Waals surface area contributed by atoms with Crippen molar-refractivity contribution in [3.63, 3.8) is 0 Å². The average Bonchev–Trinajstić information content (AvgIpc) is 2.30. The first kappa shape index (κ1) is 14.7. The van der Waals surface area contributed by atoms with Crippen LogP contribution in [0.4, 0.5) is 15.8 Å². The Morgan fingerprint density at radius 2 is 2.28 bits per heavy atom. The van der Waals surface area contributed by atoms with E-state index in [1.165, 1.54) is 0 Å². The number of hydrogen-bond acceptors (Lipinski definition) is 4. The first-order chi connectivity index (χ1) is 8.45. The van der Waals surface area contributed by atoms with Gasteiger partial charge in [0.2, 0.25) is 0 Å². The number of nitro groups is 1. The molecule has 5 nitrogen and oxygen atoms in total. The number of anilines is 1. The van der Waals surface area contributed by atoms with Crippen LogP contribution in [-0.4, -0.2) is 24.2 Å². The number of nitrogens with one attached hydrogen (secondary N) is 1. The summed E-state index contributed by atoms with van der Waals surface area (Å²) >= 11 is 5.52. The predicted octanol–water partition coefficient (Wildman–Crippen LogP) is 3.22. The molecule has 0 saturated heterocycles. The standard InChI is InChI=1S/C11H14ClFN2O3/c1-3-18-6-7(2)14-10-5-9(13)8(12)4-11(10)15(16)17/h4-5,7,14H,3,6H2,1-2H3. The highest BCUT2D eigenvalue weighted by atomic mass is 35.5. The van der Waals surface area contributed by atoms with Crippen molar-refractivity contribution in [3.05, 3.63) is 33.1 Å². The summed E-state index contributed by atoms with van der Waals surface area (Å²) in [6.07, 6.45) is 0. The molecular formula is C11H14ClFN2O3. The smallest absolute Gasteiger partial charge is 0.294 e. The number of rotatable bonds is 6. The minimum Gasteiger partial charge on any atom is -0.380 e. The molecule has 0 heterocycles. The Morgan fingerprint density at radius 3 is 2.83 bits per heavy atom. The number of nitro benzene ring substituents is 1. The number of halogens is 2. The molecule has 0 aromatic heterocycles. The molecule has 0 aliphatic heterocycles. The van der Waals surface area contributed by atoms with Gasteiger partial charge in [0.05, 0.1) is 16.6 Å². The fourth-order valence-electron chi connectivity index (χ4n) is 1.40. The lowest BCUT2D eigenvalue weighted by molar-refractivity contribution is -0.384. The van der Waals surface area contributed by atoms with Gasteiger partial charge in [-0.1, -0.05) is 11.6 Å². The highest BCUT2D eigenvalue weighted by Crippen LogP contribution is 2.30. The van der Waals surface area contributed by atoms with E-state index in [1.54, 1.807) is 6.92 Å². The Balaban J connectivity index is 2.93. The van der Waals surface area contributed by atoms with Gasteiger partial charge in [0.25, 0.3) is 5.69 Å². The van der Waals surface area contributed by atoms with Gasteiger partial charge < -0.3 is 10.1 Å². The molecule has 0 amide bonds. The third kappa shape index (κ3) is 3.82. The van der Waals surface area contributed by atoms with Gasteiger partial charge in [-0.05, 0) is 13.8 Å². The van der Waals surface area contributed by atoms with Gasteiger partial charge >= 0.3 is 0 Å². The summed E-state index contributed by atoms with van der Waals surface area (Å²) in [6, 6.07) is 1.83. The van der Waals surface area contributed by atoms with Crippen LogP contribution >= 0.6 is 11.6 Å². The average molecular weight is 277 g/mol.